The molecule has 3 atom stereocenters. The van der Waals surface area contributed by atoms with E-state index < -0.39 is 11.6 Å². The zero-order valence-electron chi connectivity index (χ0n) is 25.2. The Morgan fingerprint density at radius 1 is 0.977 bits per heavy atom. The highest BCUT2D eigenvalue weighted by Gasteiger charge is 2.44. The Kier molecular flexibility index (Phi) is 7.20. The van der Waals surface area contributed by atoms with Crippen molar-refractivity contribution in [1.82, 2.24) is 9.72 Å². The van der Waals surface area contributed by atoms with Crippen LogP contribution in [0, 0.1) is 0 Å². The van der Waals surface area contributed by atoms with Crippen molar-refractivity contribution in [3.05, 3.63) is 69.5 Å². The van der Waals surface area contributed by atoms with Gasteiger partial charge in [0, 0.05) is 60.7 Å². The van der Waals surface area contributed by atoms with Gasteiger partial charge in [0.2, 0.25) is 0 Å². The number of carbonyl (C=O) groups is 2. The number of ether oxygens (including phenoxy) is 2. The molecule has 3 fully saturated rings. The van der Waals surface area contributed by atoms with Gasteiger partial charge in [0.1, 0.15) is 23.0 Å². The first-order valence-corrected chi connectivity index (χ1v) is 16.0. The van der Waals surface area contributed by atoms with Gasteiger partial charge in [0.15, 0.2) is 5.76 Å². The summed E-state index contributed by atoms with van der Waals surface area (Å²) in [7, 11) is 1.95. The molecule has 3 aliphatic rings. The molecule has 1 saturated carbocycles. The topological polar surface area (TPSA) is 86.8 Å². The van der Waals surface area contributed by atoms with Gasteiger partial charge in [-0.25, -0.2) is 9.59 Å². The monoisotopic (exact) mass is 635 g/mol. The van der Waals surface area contributed by atoms with E-state index in [0.717, 1.165) is 55.1 Å². The predicted octanol–water partition coefficient (Wildman–Crippen LogP) is 8.33. The van der Waals surface area contributed by atoms with Crippen LogP contribution in [0.4, 0.5) is 5.69 Å². The lowest BCUT2D eigenvalue weighted by Gasteiger charge is -2.40. The standard InChI is InChI=1S/C34H35Cl2N3O5/c1-34(2,3)43-32(40)24-17-38(4)27-16-21(12-13-23(24)27)39-19-10-11-20(39)15-22(14-19)42-33(41)29-30(37-44-31(29)18-8-9-18)28-25(35)6-5-7-26(28)36/h5-7,12-13,16-20,22H,8-11,14-15H2,1-4H3/t19-,20+,22-. The highest BCUT2D eigenvalue weighted by atomic mass is 35.5. The molecule has 0 amide bonds. The van der Waals surface area contributed by atoms with E-state index in [2.05, 4.69) is 22.2 Å². The van der Waals surface area contributed by atoms with E-state index in [4.69, 9.17) is 37.2 Å². The molecule has 0 spiro atoms. The molecule has 230 valence electrons. The molecule has 0 radical (unpaired) electrons. The van der Waals surface area contributed by atoms with Gasteiger partial charge in [0.25, 0.3) is 0 Å². The molecule has 10 heteroatoms. The van der Waals surface area contributed by atoms with Crippen LogP contribution in [-0.4, -0.2) is 45.5 Å². The zero-order chi connectivity index (χ0) is 30.9. The summed E-state index contributed by atoms with van der Waals surface area (Å²) in [5.74, 6) is -0.0440. The van der Waals surface area contributed by atoms with Crippen molar-refractivity contribution >= 4 is 51.7 Å². The van der Waals surface area contributed by atoms with Gasteiger partial charge < -0.3 is 23.5 Å². The highest BCUT2D eigenvalue weighted by Crippen LogP contribution is 2.47. The van der Waals surface area contributed by atoms with Gasteiger partial charge in [-0.15, -0.1) is 0 Å². The number of carbonyl (C=O) groups excluding carboxylic acids is 2. The zero-order valence-corrected chi connectivity index (χ0v) is 26.7. The second-order valence-electron chi connectivity index (χ2n) is 13.3. The van der Waals surface area contributed by atoms with Crippen LogP contribution in [0.15, 0.2) is 47.1 Å². The summed E-state index contributed by atoms with van der Waals surface area (Å²) in [6, 6.07) is 11.9. The largest absolute Gasteiger partial charge is 0.458 e. The second kappa shape index (κ2) is 10.8. The third-order valence-electron chi connectivity index (χ3n) is 8.93. The number of esters is 2. The second-order valence-corrected chi connectivity index (χ2v) is 14.1. The Bertz CT molecular complexity index is 1750. The predicted molar refractivity (Wildman–Crippen MR) is 170 cm³/mol. The fraction of sp³-hybridized carbons (Fsp3) is 0.441. The number of hydrogen-bond donors (Lipinski definition) is 0. The molecule has 2 aromatic carbocycles. The smallest absolute Gasteiger partial charge is 0.344 e. The fourth-order valence-electron chi connectivity index (χ4n) is 6.90. The van der Waals surface area contributed by atoms with Gasteiger partial charge >= 0.3 is 11.9 Å². The van der Waals surface area contributed by atoms with Crippen molar-refractivity contribution in [3.8, 4) is 11.3 Å². The number of halogens is 2. The average Bonchev–Trinajstić information content (AvgIpc) is 3.54. The van der Waals surface area contributed by atoms with Crippen LogP contribution in [0.2, 0.25) is 10.0 Å². The van der Waals surface area contributed by atoms with Crippen LogP contribution >= 0.6 is 23.2 Å². The van der Waals surface area contributed by atoms with Gasteiger partial charge in [-0.05, 0) is 76.8 Å². The van der Waals surface area contributed by atoms with Gasteiger partial charge in [0.05, 0.1) is 21.1 Å². The van der Waals surface area contributed by atoms with E-state index in [0.29, 0.717) is 38.2 Å². The van der Waals surface area contributed by atoms with Crippen molar-refractivity contribution in [2.45, 2.75) is 89.0 Å². The van der Waals surface area contributed by atoms with Gasteiger partial charge in [-0.1, -0.05) is 34.4 Å². The number of fused-ring (bicyclic) bond motifs is 3. The SMILES string of the molecule is Cn1cc(C(=O)OC(C)(C)C)c2ccc(N3[C@@H]4CC[C@H]3C[C@H](OC(=O)c3c(-c5c(Cl)cccc5Cl)noc3C3CC3)C4)cc21. The van der Waals surface area contributed by atoms with E-state index in [9.17, 15) is 9.59 Å². The molecule has 1 aliphatic carbocycles. The third-order valence-corrected chi connectivity index (χ3v) is 9.55. The normalized spacial score (nSPS) is 21.6. The Hall–Kier alpha value is -3.49. The van der Waals surface area contributed by atoms with Crippen molar-refractivity contribution in [3.63, 3.8) is 0 Å². The van der Waals surface area contributed by atoms with Gasteiger partial charge in [-0.2, -0.15) is 0 Å². The minimum Gasteiger partial charge on any atom is -0.458 e. The van der Waals surface area contributed by atoms with Crippen molar-refractivity contribution in [1.29, 1.82) is 0 Å². The van der Waals surface area contributed by atoms with E-state index in [1.54, 1.807) is 18.2 Å². The number of nitrogens with zero attached hydrogens (tertiary/aromatic N) is 3. The lowest BCUT2D eigenvalue weighted by molar-refractivity contribution is 0.00706. The fourth-order valence-corrected chi connectivity index (χ4v) is 7.48. The molecule has 0 unspecified atom stereocenters. The van der Waals surface area contributed by atoms with Crippen LogP contribution in [-0.2, 0) is 16.5 Å². The molecule has 4 heterocycles. The van der Waals surface area contributed by atoms with Crippen molar-refractivity contribution in [2.24, 2.45) is 7.05 Å². The molecule has 2 aliphatic heterocycles. The molecule has 2 saturated heterocycles. The van der Waals surface area contributed by atoms with E-state index >= 15 is 0 Å². The Labute approximate surface area is 266 Å². The highest BCUT2D eigenvalue weighted by molar-refractivity contribution is 6.39. The maximum atomic E-state index is 13.8. The molecule has 4 aromatic rings. The van der Waals surface area contributed by atoms with Crippen LogP contribution in [0.25, 0.3) is 22.2 Å². The van der Waals surface area contributed by atoms with Crippen LogP contribution in [0.3, 0.4) is 0 Å². The molecule has 44 heavy (non-hydrogen) atoms. The Morgan fingerprint density at radius 2 is 1.66 bits per heavy atom. The van der Waals surface area contributed by atoms with Crippen molar-refractivity contribution in [2.75, 3.05) is 4.90 Å². The number of rotatable bonds is 6. The maximum Gasteiger partial charge on any atom is 0.344 e. The summed E-state index contributed by atoms with van der Waals surface area (Å²) in [4.78, 5) is 29.1. The average molecular weight is 637 g/mol. The maximum absolute atomic E-state index is 13.8. The first-order valence-electron chi connectivity index (χ1n) is 15.2. The number of piperidine rings is 1. The molecular weight excluding hydrogens is 601 g/mol. The summed E-state index contributed by atoms with van der Waals surface area (Å²) < 4.78 is 19.5. The lowest BCUT2D eigenvalue weighted by Crippen LogP contribution is -2.46. The van der Waals surface area contributed by atoms with Gasteiger partial charge in [-0.3, -0.25) is 0 Å². The summed E-state index contributed by atoms with van der Waals surface area (Å²) in [5, 5.41) is 5.94. The Balaban J connectivity index is 1.11. The van der Waals surface area contributed by atoms with E-state index in [1.807, 2.05) is 44.6 Å². The molecule has 8 nitrogen and oxygen atoms in total. The summed E-state index contributed by atoms with van der Waals surface area (Å²) >= 11 is 13.0. The summed E-state index contributed by atoms with van der Waals surface area (Å²) in [5.41, 5.74) is 3.25. The summed E-state index contributed by atoms with van der Waals surface area (Å²) in [6.45, 7) is 5.61. The first kappa shape index (κ1) is 29.2. The van der Waals surface area contributed by atoms with Crippen LogP contribution in [0.1, 0.15) is 91.7 Å². The number of hydrogen-bond acceptors (Lipinski definition) is 7. The van der Waals surface area contributed by atoms with E-state index in [-0.39, 0.29) is 30.1 Å². The number of anilines is 1. The minimum atomic E-state index is -0.566. The molecule has 7 rings (SSSR count). The molecule has 0 N–H and O–H groups in total. The van der Waals surface area contributed by atoms with Crippen molar-refractivity contribution < 1.29 is 23.6 Å². The Morgan fingerprint density at radius 3 is 2.30 bits per heavy atom. The first-order chi connectivity index (χ1) is 21.0. The van der Waals surface area contributed by atoms with E-state index in [1.165, 1.54) is 0 Å². The minimum absolute atomic E-state index is 0.154. The molecule has 2 bridgehead atoms. The number of aryl methyl sites for hydroxylation is 1. The third kappa shape index (κ3) is 5.26. The quantitative estimate of drug-likeness (QED) is 0.197. The number of aromatic nitrogens is 2. The molecule has 2 aromatic heterocycles. The van der Waals surface area contributed by atoms with Crippen LogP contribution < -0.4 is 4.90 Å². The number of benzene rings is 2. The lowest BCUT2D eigenvalue weighted by atomic mass is 9.98. The summed E-state index contributed by atoms with van der Waals surface area (Å²) in [6.07, 6.45) is 6.99. The van der Waals surface area contributed by atoms with Crippen LogP contribution in [0.5, 0.6) is 0 Å². The molecular formula is C34H35Cl2N3O5.